The van der Waals surface area contributed by atoms with Crippen molar-refractivity contribution in [3.8, 4) is 0 Å². The number of carbonyl (C=O) groups excluding carboxylic acids is 2. The lowest BCUT2D eigenvalue weighted by atomic mass is 10.0. The Morgan fingerprint density at radius 2 is 1.76 bits per heavy atom. The quantitative estimate of drug-likeness (QED) is 0.865. The third-order valence-electron chi connectivity index (χ3n) is 4.73. The fraction of sp³-hybridized carbons (Fsp3) is 0.529. The zero-order valence-electron chi connectivity index (χ0n) is 12.5. The van der Waals surface area contributed by atoms with Crippen LogP contribution in [-0.2, 0) is 9.59 Å². The summed E-state index contributed by atoms with van der Waals surface area (Å²) in [7, 11) is 1.75. The number of nitrogens with one attached hydrogen (secondary N) is 1. The van der Waals surface area contributed by atoms with Crippen LogP contribution in [-0.4, -0.2) is 24.9 Å². The van der Waals surface area contributed by atoms with Gasteiger partial charge in [-0.25, -0.2) is 0 Å². The van der Waals surface area contributed by atoms with Crippen LogP contribution < -0.4 is 10.2 Å². The van der Waals surface area contributed by atoms with E-state index in [4.69, 9.17) is 0 Å². The molecule has 1 N–H and O–H groups in total. The summed E-state index contributed by atoms with van der Waals surface area (Å²) in [5.74, 6) is -0.147. The van der Waals surface area contributed by atoms with Crippen LogP contribution >= 0.6 is 0 Å². The molecule has 0 atom stereocenters. The molecule has 0 aromatic heterocycles. The molecule has 2 aliphatic carbocycles. The highest BCUT2D eigenvalue weighted by Gasteiger charge is 2.58. The van der Waals surface area contributed by atoms with Crippen LogP contribution in [0.15, 0.2) is 30.3 Å². The molecule has 0 unspecified atom stereocenters. The molecular formula is C17H22N2O2. The third-order valence-corrected chi connectivity index (χ3v) is 4.73. The van der Waals surface area contributed by atoms with Gasteiger partial charge in [0.2, 0.25) is 11.8 Å². The molecule has 2 saturated carbocycles. The van der Waals surface area contributed by atoms with Crippen molar-refractivity contribution >= 4 is 17.5 Å². The van der Waals surface area contributed by atoms with E-state index in [-0.39, 0.29) is 17.9 Å². The minimum Gasteiger partial charge on any atom is -0.352 e. The molecule has 0 spiro atoms. The maximum Gasteiger partial charge on any atom is 0.242 e. The highest BCUT2D eigenvalue weighted by molar-refractivity contribution is 6.13. The Kier molecular flexibility index (Phi) is 3.70. The maximum atomic E-state index is 12.7. The van der Waals surface area contributed by atoms with E-state index in [9.17, 15) is 9.59 Å². The van der Waals surface area contributed by atoms with Gasteiger partial charge in [0, 0.05) is 18.8 Å². The minimum atomic E-state index is -0.812. The van der Waals surface area contributed by atoms with E-state index in [0.717, 1.165) is 18.5 Å². The SMILES string of the molecule is CN(C(=O)C1(C(=O)NC2CCCC2)CC1)c1ccccc1. The summed E-state index contributed by atoms with van der Waals surface area (Å²) in [5, 5.41) is 3.08. The molecule has 4 nitrogen and oxygen atoms in total. The number of rotatable bonds is 4. The predicted molar refractivity (Wildman–Crippen MR) is 81.9 cm³/mol. The Labute approximate surface area is 125 Å². The second-order valence-corrected chi connectivity index (χ2v) is 6.24. The molecule has 0 heterocycles. The van der Waals surface area contributed by atoms with Gasteiger partial charge < -0.3 is 10.2 Å². The van der Waals surface area contributed by atoms with Gasteiger partial charge >= 0.3 is 0 Å². The van der Waals surface area contributed by atoms with Gasteiger partial charge in [-0.05, 0) is 37.8 Å². The van der Waals surface area contributed by atoms with Gasteiger partial charge in [-0.15, -0.1) is 0 Å². The van der Waals surface area contributed by atoms with E-state index >= 15 is 0 Å². The Bertz CT molecular complexity index is 531. The molecule has 3 rings (SSSR count). The summed E-state index contributed by atoms with van der Waals surface area (Å²) in [6, 6.07) is 9.77. The lowest BCUT2D eigenvalue weighted by molar-refractivity contribution is -0.136. The molecule has 2 fully saturated rings. The molecule has 2 aliphatic rings. The van der Waals surface area contributed by atoms with Crippen LogP contribution in [0.25, 0.3) is 0 Å². The van der Waals surface area contributed by atoms with Crippen LogP contribution in [0.1, 0.15) is 38.5 Å². The topological polar surface area (TPSA) is 49.4 Å². The summed E-state index contributed by atoms with van der Waals surface area (Å²) in [6.07, 6.45) is 5.78. The molecule has 4 heteroatoms. The van der Waals surface area contributed by atoms with Gasteiger partial charge in [-0.3, -0.25) is 9.59 Å². The van der Waals surface area contributed by atoms with E-state index in [1.165, 1.54) is 12.8 Å². The van der Waals surface area contributed by atoms with Crippen molar-refractivity contribution in [3.05, 3.63) is 30.3 Å². The first-order chi connectivity index (χ1) is 10.1. The lowest BCUT2D eigenvalue weighted by Crippen LogP contribution is -2.46. The number of anilines is 1. The Morgan fingerprint density at radius 3 is 2.33 bits per heavy atom. The summed E-state index contributed by atoms with van der Waals surface area (Å²) in [5.41, 5.74) is 0.0233. The molecule has 2 amide bonds. The van der Waals surface area contributed by atoms with Crippen LogP contribution in [0.5, 0.6) is 0 Å². The largest absolute Gasteiger partial charge is 0.352 e. The van der Waals surface area contributed by atoms with Crippen molar-refractivity contribution in [2.45, 2.75) is 44.6 Å². The fourth-order valence-electron chi connectivity index (χ4n) is 3.15. The van der Waals surface area contributed by atoms with Gasteiger partial charge in [0.05, 0.1) is 0 Å². The van der Waals surface area contributed by atoms with E-state index in [1.807, 2.05) is 30.3 Å². The van der Waals surface area contributed by atoms with Crippen molar-refractivity contribution in [2.75, 3.05) is 11.9 Å². The van der Waals surface area contributed by atoms with E-state index in [2.05, 4.69) is 5.32 Å². The molecule has 0 bridgehead atoms. The van der Waals surface area contributed by atoms with Crippen molar-refractivity contribution in [1.29, 1.82) is 0 Å². The smallest absolute Gasteiger partial charge is 0.242 e. The van der Waals surface area contributed by atoms with Crippen LogP contribution in [0.4, 0.5) is 5.69 Å². The second-order valence-electron chi connectivity index (χ2n) is 6.24. The Hall–Kier alpha value is -1.84. The third kappa shape index (κ3) is 2.67. The monoisotopic (exact) mass is 286 g/mol. The fourth-order valence-corrected chi connectivity index (χ4v) is 3.15. The number of amides is 2. The average molecular weight is 286 g/mol. The summed E-state index contributed by atoms with van der Waals surface area (Å²) in [4.78, 5) is 26.8. The number of benzene rings is 1. The lowest BCUT2D eigenvalue weighted by Gasteiger charge is -2.24. The molecule has 0 aliphatic heterocycles. The molecule has 21 heavy (non-hydrogen) atoms. The van der Waals surface area contributed by atoms with Gasteiger partial charge in [0.1, 0.15) is 5.41 Å². The predicted octanol–water partition coefficient (Wildman–Crippen LogP) is 2.49. The molecule has 1 aromatic carbocycles. The standard InChI is InChI=1S/C17H22N2O2/c1-19(14-9-3-2-4-10-14)16(21)17(11-12-17)15(20)18-13-7-5-6-8-13/h2-4,9-10,13H,5-8,11-12H2,1H3,(H,18,20). The van der Waals surface area contributed by atoms with Crippen molar-refractivity contribution in [1.82, 2.24) is 5.32 Å². The number of para-hydroxylation sites is 1. The van der Waals surface area contributed by atoms with Gasteiger partial charge in [0.25, 0.3) is 0 Å². The maximum absolute atomic E-state index is 12.7. The van der Waals surface area contributed by atoms with Crippen LogP contribution in [0.3, 0.4) is 0 Å². The number of nitrogens with zero attached hydrogens (tertiary/aromatic N) is 1. The Balaban J connectivity index is 1.69. The van der Waals surface area contributed by atoms with E-state index < -0.39 is 5.41 Å². The minimum absolute atomic E-state index is 0.0674. The number of carbonyl (C=O) groups is 2. The summed E-state index contributed by atoms with van der Waals surface area (Å²) in [6.45, 7) is 0. The molecular weight excluding hydrogens is 264 g/mol. The number of hydrogen-bond donors (Lipinski definition) is 1. The van der Waals surface area contributed by atoms with Gasteiger partial charge in [-0.2, -0.15) is 0 Å². The normalized spacial score (nSPS) is 20.0. The molecule has 0 radical (unpaired) electrons. The average Bonchev–Trinajstić information content (AvgIpc) is 3.18. The molecule has 112 valence electrons. The first kappa shape index (κ1) is 14.1. The first-order valence-corrected chi connectivity index (χ1v) is 7.78. The van der Waals surface area contributed by atoms with Crippen LogP contribution in [0, 0.1) is 5.41 Å². The van der Waals surface area contributed by atoms with E-state index in [1.54, 1.807) is 11.9 Å². The Morgan fingerprint density at radius 1 is 1.14 bits per heavy atom. The van der Waals surface area contributed by atoms with Gasteiger partial charge in [0.15, 0.2) is 0 Å². The zero-order chi connectivity index (χ0) is 14.9. The van der Waals surface area contributed by atoms with Crippen molar-refractivity contribution in [2.24, 2.45) is 5.41 Å². The second kappa shape index (κ2) is 5.51. The van der Waals surface area contributed by atoms with Gasteiger partial charge in [-0.1, -0.05) is 31.0 Å². The number of hydrogen-bond acceptors (Lipinski definition) is 2. The van der Waals surface area contributed by atoms with Crippen molar-refractivity contribution < 1.29 is 9.59 Å². The van der Waals surface area contributed by atoms with E-state index in [0.29, 0.717) is 12.8 Å². The highest BCUT2D eigenvalue weighted by atomic mass is 16.2. The summed E-state index contributed by atoms with van der Waals surface area (Å²) < 4.78 is 0. The van der Waals surface area contributed by atoms with Crippen LogP contribution in [0.2, 0.25) is 0 Å². The zero-order valence-corrected chi connectivity index (χ0v) is 12.5. The first-order valence-electron chi connectivity index (χ1n) is 7.78. The molecule has 1 aromatic rings. The molecule has 0 saturated heterocycles. The summed E-state index contributed by atoms with van der Waals surface area (Å²) >= 11 is 0. The highest BCUT2D eigenvalue weighted by Crippen LogP contribution is 2.48. The van der Waals surface area contributed by atoms with Crippen molar-refractivity contribution in [3.63, 3.8) is 0 Å².